The van der Waals surface area contributed by atoms with Gasteiger partial charge in [-0.2, -0.15) is 0 Å². The molecule has 0 unspecified atom stereocenters. The fraction of sp³-hybridized carbons (Fsp3) is 0.188. The second-order valence-corrected chi connectivity index (χ2v) is 6.62. The molecular formula is C16H17BrN2S. The SMILES string of the molecule is Cc1cc(C)cc(N=C(N)SCc2ccc(Br)cc2)c1. The Morgan fingerprint density at radius 1 is 1.10 bits per heavy atom. The number of aliphatic imine (C=N–C) groups is 1. The summed E-state index contributed by atoms with van der Waals surface area (Å²) in [6.45, 7) is 4.13. The molecule has 0 amide bonds. The molecule has 0 aromatic heterocycles. The van der Waals surface area contributed by atoms with Crippen LogP contribution < -0.4 is 5.73 Å². The zero-order chi connectivity index (χ0) is 14.5. The number of hydrogen-bond acceptors (Lipinski definition) is 2. The van der Waals surface area contributed by atoms with Crippen LogP contribution in [-0.4, -0.2) is 5.17 Å². The number of halogens is 1. The van der Waals surface area contributed by atoms with Gasteiger partial charge < -0.3 is 5.73 Å². The van der Waals surface area contributed by atoms with Crippen molar-refractivity contribution < 1.29 is 0 Å². The molecule has 0 saturated carbocycles. The van der Waals surface area contributed by atoms with Gasteiger partial charge in [0.25, 0.3) is 0 Å². The van der Waals surface area contributed by atoms with Crippen LogP contribution in [0.15, 0.2) is 51.9 Å². The van der Waals surface area contributed by atoms with E-state index in [0.717, 1.165) is 15.9 Å². The minimum Gasteiger partial charge on any atom is -0.378 e. The van der Waals surface area contributed by atoms with Gasteiger partial charge in [-0.05, 0) is 54.8 Å². The first-order valence-corrected chi connectivity index (χ1v) is 8.10. The third kappa shape index (κ3) is 4.69. The van der Waals surface area contributed by atoms with Crippen molar-refractivity contribution in [1.29, 1.82) is 0 Å². The normalized spacial score (nSPS) is 11.7. The predicted octanol–water partition coefficient (Wildman–Crippen LogP) is 4.95. The quantitative estimate of drug-likeness (QED) is 0.629. The van der Waals surface area contributed by atoms with Gasteiger partial charge in [0.05, 0.1) is 5.69 Å². The Morgan fingerprint density at radius 3 is 2.30 bits per heavy atom. The molecule has 0 bridgehead atoms. The Hall–Kier alpha value is -1.26. The maximum atomic E-state index is 5.99. The summed E-state index contributed by atoms with van der Waals surface area (Å²) in [7, 11) is 0. The van der Waals surface area contributed by atoms with Crippen LogP contribution in [0.5, 0.6) is 0 Å². The van der Waals surface area contributed by atoms with E-state index in [0.29, 0.717) is 5.17 Å². The van der Waals surface area contributed by atoms with Crippen LogP contribution in [0.4, 0.5) is 5.69 Å². The van der Waals surface area contributed by atoms with Crippen LogP contribution in [0.25, 0.3) is 0 Å². The zero-order valence-electron chi connectivity index (χ0n) is 11.6. The highest BCUT2D eigenvalue weighted by atomic mass is 79.9. The summed E-state index contributed by atoms with van der Waals surface area (Å²) in [6, 6.07) is 14.5. The van der Waals surface area contributed by atoms with Crippen molar-refractivity contribution in [3.8, 4) is 0 Å². The van der Waals surface area contributed by atoms with Gasteiger partial charge in [0.2, 0.25) is 0 Å². The molecule has 0 aliphatic carbocycles. The minimum absolute atomic E-state index is 0.595. The number of nitrogens with zero attached hydrogens (tertiary/aromatic N) is 1. The molecule has 0 aliphatic rings. The summed E-state index contributed by atoms with van der Waals surface area (Å²) < 4.78 is 1.09. The van der Waals surface area contributed by atoms with E-state index in [1.807, 2.05) is 24.3 Å². The number of rotatable bonds is 3. The van der Waals surface area contributed by atoms with Gasteiger partial charge >= 0.3 is 0 Å². The molecule has 104 valence electrons. The molecule has 0 aliphatic heterocycles. The van der Waals surface area contributed by atoms with Crippen molar-refractivity contribution in [2.45, 2.75) is 19.6 Å². The van der Waals surface area contributed by atoms with E-state index in [1.54, 1.807) is 11.8 Å². The van der Waals surface area contributed by atoms with Crippen molar-refractivity contribution in [1.82, 2.24) is 0 Å². The highest BCUT2D eigenvalue weighted by Crippen LogP contribution is 2.20. The summed E-state index contributed by atoms with van der Waals surface area (Å²) in [5.41, 5.74) is 10.5. The first kappa shape index (κ1) is 15.1. The van der Waals surface area contributed by atoms with Gasteiger partial charge in [-0.1, -0.05) is 45.9 Å². The number of nitrogens with two attached hydrogens (primary N) is 1. The van der Waals surface area contributed by atoms with E-state index in [4.69, 9.17) is 5.73 Å². The third-order valence-corrected chi connectivity index (χ3v) is 4.14. The highest BCUT2D eigenvalue weighted by Gasteiger charge is 1.99. The Labute approximate surface area is 132 Å². The van der Waals surface area contributed by atoms with E-state index < -0.39 is 0 Å². The van der Waals surface area contributed by atoms with Crippen LogP contribution in [0.2, 0.25) is 0 Å². The monoisotopic (exact) mass is 348 g/mol. The minimum atomic E-state index is 0.595. The Bertz CT molecular complexity index is 601. The molecule has 0 saturated heterocycles. The molecule has 0 spiro atoms. The first-order chi connectivity index (χ1) is 9.52. The summed E-state index contributed by atoms with van der Waals surface area (Å²) in [6.07, 6.45) is 0. The molecule has 2 aromatic rings. The van der Waals surface area contributed by atoms with Crippen molar-refractivity contribution in [3.05, 3.63) is 63.6 Å². The van der Waals surface area contributed by atoms with Gasteiger partial charge in [0, 0.05) is 10.2 Å². The standard InChI is InChI=1S/C16H17BrN2S/c1-11-7-12(2)9-15(8-11)19-16(18)20-10-13-3-5-14(17)6-4-13/h3-9H,10H2,1-2H3,(H2,18,19). The van der Waals surface area contributed by atoms with Crippen molar-refractivity contribution in [2.75, 3.05) is 0 Å². The molecule has 2 N–H and O–H groups in total. The average Bonchev–Trinajstić information content (AvgIpc) is 2.37. The molecule has 2 aromatic carbocycles. The number of thioether (sulfide) groups is 1. The number of aryl methyl sites for hydroxylation is 2. The highest BCUT2D eigenvalue weighted by molar-refractivity contribution is 9.10. The maximum Gasteiger partial charge on any atom is 0.159 e. The summed E-state index contributed by atoms with van der Waals surface area (Å²) >= 11 is 4.98. The summed E-state index contributed by atoms with van der Waals surface area (Å²) in [4.78, 5) is 4.46. The number of amidine groups is 1. The molecule has 2 nitrogen and oxygen atoms in total. The zero-order valence-corrected chi connectivity index (χ0v) is 14.0. The van der Waals surface area contributed by atoms with E-state index in [9.17, 15) is 0 Å². The van der Waals surface area contributed by atoms with Crippen molar-refractivity contribution in [3.63, 3.8) is 0 Å². The summed E-state index contributed by atoms with van der Waals surface area (Å²) in [5.74, 6) is 0.827. The Balaban J connectivity index is 2.02. The fourth-order valence-corrected chi connectivity index (χ4v) is 2.85. The van der Waals surface area contributed by atoms with Gasteiger partial charge in [0.1, 0.15) is 0 Å². The second-order valence-electron chi connectivity index (χ2n) is 4.71. The molecule has 0 fully saturated rings. The van der Waals surface area contributed by atoms with Crippen LogP contribution in [-0.2, 0) is 5.75 Å². The topological polar surface area (TPSA) is 38.4 Å². The lowest BCUT2D eigenvalue weighted by atomic mass is 10.1. The first-order valence-electron chi connectivity index (χ1n) is 6.32. The predicted molar refractivity (Wildman–Crippen MR) is 92.6 cm³/mol. The Morgan fingerprint density at radius 2 is 1.70 bits per heavy atom. The lowest BCUT2D eigenvalue weighted by Crippen LogP contribution is -2.06. The smallest absolute Gasteiger partial charge is 0.159 e. The number of hydrogen-bond donors (Lipinski definition) is 1. The van der Waals surface area contributed by atoms with Gasteiger partial charge in [-0.15, -0.1) is 0 Å². The molecule has 0 radical (unpaired) electrons. The molecular weight excluding hydrogens is 332 g/mol. The van der Waals surface area contributed by atoms with E-state index in [-0.39, 0.29) is 0 Å². The second kappa shape index (κ2) is 6.95. The maximum absolute atomic E-state index is 5.99. The lowest BCUT2D eigenvalue weighted by Gasteiger charge is -2.04. The van der Waals surface area contributed by atoms with E-state index in [1.165, 1.54) is 16.7 Å². The van der Waals surface area contributed by atoms with Gasteiger partial charge in [-0.3, -0.25) is 0 Å². The van der Waals surface area contributed by atoms with Crippen LogP contribution >= 0.6 is 27.7 Å². The van der Waals surface area contributed by atoms with Crippen molar-refractivity contribution in [2.24, 2.45) is 10.7 Å². The number of benzene rings is 2. The lowest BCUT2D eigenvalue weighted by molar-refractivity contribution is 1.35. The molecule has 0 heterocycles. The Kier molecular flexibility index (Phi) is 5.26. The molecule has 20 heavy (non-hydrogen) atoms. The third-order valence-electron chi connectivity index (χ3n) is 2.75. The van der Waals surface area contributed by atoms with Gasteiger partial charge in [-0.25, -0.2) is 4.99 Å². The molecule has 2 rings (SSSR count). The van der Waals surface area contributed by atoms with E-state index in [2.05, 4.69) is 53.0 Å². The van der Waals surface area contributed by atoms with E-state index >= 15 is 0 Å². The summed E-state index contributed by atoms with van der Waals surface area (Å²) in [5, 5.41) is 0.595. The van der Waals surface area contributed by atoms with Crippen LogP contribution in [0.3, 0.4) is 0 Å². The average molecular weight is 349 g/mol. The van der Waals surface area contributed by atoms with Crippen molar-refractivity contribution >= 4 is 38.5 Å². The fourth-order valence-electron chi connectivity index (χ4n) is 1.91. The molecule has 0 atom stereocenters. The van der Waals surface area contributed by atoms with Crippen LogP contribution in [0.1, 0.15) is 16.7 Å². The van der Waals surface area contributed by atoms with Crippen LogP contribution in [0, 0.1) is 13.8 Å². The van der Waals surface area contributed by atoms with Gasteiger partial charge in [0.15, 0.2) is 5.17 Å². The largest absolute Gasteiger partial charge is 0.378 e. The molecule has 4 heteroatoms.